The number of benzene rings is 1. The maximum absolute atomic E-state index is 11.7. The monoisotopic (exact) mass is 296 g/mol. The van der Waals surface area contributed by atoms with Gasteiger partial charge in [0, 0.05) is 11.1 Å². The second kappa shape index (κ2) is 7.45. The first kappa shape index (κ1) is 15.9. The van der Waals surface area contributed by atoms with Gasteiger partial charge in [0.15, 0.2) is 0 Å². The third-order valence-corrected chi connectivity index (χ3v) is 2.44. The third kappa shape index (κ3) is 4.85. The predicted octanol–water partition coefficient (Wildman–Crippen LogP) is 2.34. The van der Waals surface area contributed by atoms with Gasteiger partial charge in [0.25, 0.3) is 5.24 Å². The van der Waals surface area contributed by atoms with Gasteiger partial charge in [0.1, 0.15) is 13.2 Å². The molecular formula is C14H13ClO5. The fourth-order valence-corrected chi connectivity index (χ4v) is 1.36. The van der Waals surface area contributed by atoms with Crippen molar-refractivity contribution in [2.24, 2.45) is 0 Å². The molecule has 1 rings (SSSR count). The number of esters is 2. The van der Waals surface area contributed by atoms with Crippen molar-refractivity contribution in [1.82, 2.24) is 0 Å². The van der Waals surface area contributed by atoms with Gasteiger partial charge in [-0.15, -0.1) is 0 Å². The van der Waals surface area contributed by atoms with Crippen LogP contribution in [0.15, 0.2) is 36.4 Å². The SMILES string of the molecule is C=C(C)C(=O)OCCOC(=O)c1cccc(C(=O)Cl)c1. The van der Waals surface area contributed by atoms with Gasteiger partial charge in [-0.25, -0.2) is 9.59 Å². The fourth-order valence-electron chi connectivity index (χ4n) is 1.24. The molecule has 0 radical (unpaired) electrons. The van der Waals surface area contributed by atoms with E-state index in [1.165, 1.54) is 31.2 Å². The first-order valence-corrected chi connectivity index (χ1v) is 6.09. The van der Waals surface area contributed by atoms with Crippen molar-refractivity contribution in [3.63, 3.8) is 0 Å². The van der Waals surface area contributed by atoms with Gasteiger partial charge in [-0.05, 0) is 30.7 Å². The number of hydrogen-bond acceptors (Lipinski definition) is 5. The number of carbonyl (C=O) groups excluding carboxylic acids is 3. The highest BCUT2D eigenvalue weighted by atomic mass is 35.5. The normalized spacial score (nSPS) is 9.70. The van der Waals surface area contributed by atoms with Crippen LogP contribution in [0.25, 0.3) is 0 Å². The van der Waals surface area contributed by atoms with E-state index in [1.54, 1.807) is 0 Å². The molecule has 0 spiro atoms. The summed E-state index contributed by atoms with van der Waals surface area (Å²) in [6.07, 6.45) is 0. The van der Waals surface area contributed by atoms with Crippen molar-refractivity contribution in [3.8, 4) is 0 Å². The van der Waals surface area contributed by atoms with E-state index in [0.717, 1.165) is 0 Å². The van der Waals surface area contributed by atoms with Crippen LogP contribution < -0.4 is 0 Å². The van der Waals surface area contributed by atoms with E-state index in [4.69, 9.17) is 21.1 Å². The lowest BCUT2D eigenvalue weighted by Crippen LogP contribution is -2.14. The molecule has 0 bridgehead atoms. The molecule has 0 atom stereocenters. The van der Waals surface area contributed by atoms with Crippen LogP contribution in [-0.4, -0.2) is 30.4 Å². The van der Waals surface area contributed by atoms with E-state index in [1.807, 2.05) is 0 Å². The molecule has 5 nitrogen and oxygen atoms in total. The van der Waals surface area contributed by atoms with Crippen LogP contribution in [0, 0.1) is 0 Å². The second-order valence-electron chi connectivity index (χ2n) is 3.91. The first-order chi connectivity index (χ1) is 9.41. The summed E-state index contributed by atoms with van der Waals surface area (Å²) < 4.78 is 9.65. The van der Waals surface area contributed by atoms with Crippen molar-refractivity contribution >= 4 is 28.8 Å². The van der Waals surface area contributed by atoms with Crippen LogP contribution in [0.1, 0.15) is 27.6 Å². The Morgan fingerprint density at radius 3 is 2.35 bits per heavy atom. The summed E-state index contributed by atoms with van der Waals surface area (Å²) in [5.74, 6) is -1.17. The van der Waals surface area contributed by atoms with Gasteiger partial charge in [-0.1, -0.05) is 18.7 Å². The quantitative estimate of drug-likeness (QED) is 0.349. The Labute approximate surface area is 121 Å². The molecule has 0 saturated carbocycles. The van der Waals surface area contributed by atoms with Crippen LogP contribution in [0.5, 0.6) is 0 Å². The highest BCUT2D eigenvalue weighted by Crippen LogP contribution is 2.09. The zero-order valence-electron chi connectivity index (χ0n) is 10.8. The lowest BCUT2D eigenvalue weighted by Gasteiger charge is -2.06. The van der Waals surface area contributed by atoms with Gasteiger partial charge < -0.3 is 9.47 Å². The molecular weight excluding hydrogens is 284 g/mol. The third-order valence-electron chi connectivity index (χ3n) is 2.22. The molecule has 0 amide bonds. The molecule has 0 aliphatic carbocycles. The highest BCUT2D eigenvalue weighted by molar-refractivity contribution is 6.67. The molecule has 6 heteroatoms. The molecule has 20 heavy (non-hydrogen) atoms. The zero-order chi connectivity index (χ0) is 15.1. The molecule has 0 aromatic heterocycles. The minimum Gasteiger partial charge on any atom is -0.459 e. The van der Waals surface area contributed by atoms with Crippen LogP contribution in [0.4, 0.5) is 0 Å². The maximum Gasteiger partial charge on any atom is 0.338 e. The van der Waals surface area contributed by atoms with E-state index in [0.29, 0.717) is 0 Å². The van der Waals surface area contributed by atoms with Crippen molar-refractivity contribution in [2.75, 3.05) is 13.2 Å². The molecule has 0 N–H and O–H groups in total. The summed E-state index contributed by atoms with van der Waals surface area (Å²) in [6.45, 7) is 4.78. The van der Waals surface area contributed by atoms with E-state index in [2.05, 4.69) is 6.58 Å². The van der Waals surface area contributed by atoms with Crippen LogP contribution in [-0.2, 0) is 14.3 Å². The van der Waals surface area contributed by atoms with E-state index < -0.39 is 17.2 Å². The average molecular weight is 297 g/mol. The van der Waals surface area contributed by atoms with Crippen LogP contribution in [0.2, 0.25) is 0 Å². The number of carbonyl (C=O) groups is 3. The summed E-state index contributed by atoms with van der Waals surface area (Å²) in [5, 5.41) is -0.657. The standard InChI is InChI=1S/C14H13ClO5/c1-9(2)13(17)19-6-7-20-14(18)11-5-3-4-10(8-11)12(15)16/h3-5,8H,1,6-7H2,2H3. The smallest absolute Gasteiger partial charge is 0.338 e. The second-order valence-corrected chi connectivity index (χ2v) is 4.25. The van der Waals surface area contributed by atoms with Gasteiger partial charge in [-0.3, -0.25) is 4.79 Å². The number of halogens is 1. The molecule has 0 aliphatic rings. The average Bonchev–Trinajstić information content (AvgIpc) is 2.43. The Hall–Kier alpha value is -2.14. The molecule has 106 valence electrons. The number of ether oxygens (including phenoxy) is 2. The fraction of sp³-hybridized carbons (Fsp3) is 0.214. The summed E-state index contributed by atoms with van der Waals surface area (Å²) in [6, 6.07) is 5.83. The Morgan fingerprint density at radius 2 is 1.75 bits per heavy atom. The predicted molar refractivity (Wildman–Crippen MR) is 72.7 cm³/mol. The molecule has 1 aromatic carbocycles. The summed E-state index contributed by atoms with van der Waals surface area (Å²) in [5.41, 5.74) is 0.669. The molecule has 0 unspecified atom stereocenters. The van der Waals surface area contributed by atoms with Crippen molar-refractivity contribution in [2.45, 2.75) is 6.92 Å². The van der Waals surface area contributed by atoms with E-state index in [9.17, 15) is 14.4 Å². The van der Waals surface area contributed by atoms with Crippen LogP contribution >= 0.6 is 11.6 Å². The zero-order valence-corrected chi connectivity index (χ0v) is 11.6. The largest absolute Gasteiger partial charge is 0.459 e. The van der Waals surface area contributed by atoms with Crippen molar-refractivity contribution < 1.29 is 23.9 Å². The molecule has 0 heterocycles. The molecule has 1 aromatic rings. The lowest BCUT2D eigenvalue weighted by atomic mass is 10.1. The van der Waals surface area contributed by atoms with E-state index in [-0.39, 0.29) is 29.9 Å². The van der Waals surface area contributed by atoms with Crippen molar-refractivity contribution in [3.05, 3.63) is 47.5 Å². The van der Waals surface area contributed by atoms with Gasteiger partial charge in [0.05, 0.1) is 5.56 Å². The van der Waals surface area contributed by atoms with Crippen molar-refractivity contribution in [1.29, 1.82) is 0 Å². The van der Waals surface area contributed by atoms with Gasteiger partial charge in [-0.2, -0.15) is 0 Å². The van der Waals surface area contributed by atoms with Gasteiger partial charge in [0.2, 0.25) is 0 Å². The topological polar surface area (TPSA) is 69.7 Å². The summed E-state index contributed by atoms with van der Waals surface area (Å²) >= 11 is 5.31. The molecule has 0 fully saturated rings. The molecule has 0 saturated heterocycles. The Bertz CT molecular complexity index is 550. The minimum absolute atomic E-state index is 0.0639. The summed E-state index contributed by atoms with van der Waals surface area (Å²) in [7, 11) is 0. The molecule has 0 aliphatic heterocycles. The maximum atomic E-state index is 11.7. The van der Waals surface area contributed by atoms with Crippen LogP contribution in [0.3, 0.4) is 0 Å². The number of rotatable bonds is 6. The number of hydrogen-bond donors (Lipinski definition) is 0. The Morgan fingerprint density at radius 1 is 1.15 bits per heavy atom. The Kier molecular flexibility index (Phi) is 5.93. The minimum atomic E-state index is -0.657. The first-order valence-electron chi connectivity index (χ1n) is 5.71. The van der Waals surface area contributed by atoms with Gasteiger partial charge >= 0.3 is 11.9 Å². The highest BCUT2D eigenvalue weighted by Gasteiger charge is 2.10. The lowest BCUT2D eigenvalue weighted by molar-refractivity contribution is -0.140. The summed E-state index contributed by atoms with van der Waals surface area (Å²) in [4.78, 5) is 33.7. The van der Waals surface area contributed by atoms with E-state index >= 15 is 0 Å². The Balaban J connectivity index is 2.47.